The van der Waals surface area contributed by atoms with Crippen LogP contribution in [0.25, 0.3) is 0 Å². The molecule has 1 aromatic rings. The second-order valence-corrected chi connectivity index (χ2v) is 6.87. The van der Waals surface area contributed by atoms with Crippen LogP contribution in [0, 0.1) is 23.7 Å². The molecule has 0 radical (unpaired) electrons. The highest BCUT2D eigenvalue weighted by Crippen LogP contribution is 2.38. The monoisotopic (exact) mass is 293 g/mol. The second-order valence-electron chi connectivity index (χ2n) is 6.43. The summed E-state index contributed by atoms with van der Waals surface area (Å²) in [5.74, 6) is 2.00. The van der Waals surface area contributed by atoms with Gasteiger partial charge in [-0.1, -0.05) is 38.8 Å². The predicted octanol–water partition coefficient (Wildman–Crippen LogP) is 4.99. The topological polar surface area (TPSA) is 29.1 Å². The summed E-state index contributed by atoms with van der Waals surface area (Å²) in [6.07, 6.45) is 3.41. The Balaban J connectivity index is 2.07. The van der Waals surface area contributed by atoms with Crippen LogP contribution >= 0.6 is 11.6 Å². The first kappa shape index (κ1) is 15.4. The van der Waals surface area contributed by atoms with E-state index >= 15 is 0 Å². The van der Waals surface area contributed by atoms with E-state index in [1.807, 2.05) is 12.1 Å². The zero-order valence-electron chi connectivity index (χ0n) is 12.5. The highest BCUT2D eigenvalue weighted by molar-refractivity contribution is 6.30. The molecule has 20 heavy (non-hydrogen) atoms. The molecule has 0 bridgehead atoms. The molecule has 1 aliphatic carbocycles. The first-order valence-corrected chi connectivity index (χ1v) is 7.91. The number of carbonyl (C=O) groups excluding carboxylic acids is 1. The van der Waals surface area contributed by atoms with Gasteiger partial charge in [-0.15, -0.1) is 0 Å². The molecule has 1 aliphatic rings. The smallest absolute Gasteiger partial charge is 0.227 e. The average Bonchev–Trinajstić information content (AvgIpc) is 2.41. The summed E-state index contributed by atoms with van der Waals surface area (Å²) in [4.78, 5) is 12.6. The SMILES string of the molecule is CC1CCC(C(C)C)C(C(=O)Nc2ccc(Cl)cc2)C1. The van der Waals surface area contributed by atoms with Gasteiger partial charge in [0.15, 0.2) is 0 Å². The third-order valence-corrected chi connectivity index (χ3v) is 4.72. The molecule has 0 aromatic heterocycles. The summed E-state index contributed by atoms with van der Waals surface area (Å²) in [5, 5.41) is 3.74. The molecule has 1 aromatic carbocycles. The predicted molar refractivity (Wildman–Crippen MR) is 84.9 cm³/mol. The molecular formula is C17H24ClNO. The van der Waals surface area contributed by atoms with Crippen LogP contribution in [-0.4, -0.2) is 5.91 Å². The summed E-state index contributed by atoms with van der Waals surface area (Å²) >= 11 is 5.87. The van der Waals surface area contributed by atoms with Crippen LogP contribution in [-0.2, 0) is 4.79 Å². The van der Waals surface area contributed by atoms with E-state index in [0.717, 1.165) is 18.5 Å². The van der Waals surface area contributed by atoms with Gasteiger partial charge in [-0.25, -0.2) is 0 Å². The van der Waals surface area contributed by atoms with Gasteiger partial charge in [0.25, 0.3) is 0 Å². The molecule has 2 nitrogen and oxygen atoms in total. The Bertz CT molecular complexity index is 455. The van der Waals surface area contributed by atoms with Crippen molar-refractivity contribution in [3.8, 4) is 0 Å². The Labute approximate surface area is 126 Å². The summed E-state index contributed by atoms with van der Waals surface area (Å²) in [6.45, 7) is 6.70. The van der Waals surface area contributed by atoms with Crippen LogP contribution in [0.15, 0.2) is 24.3 Å². The van der Waals surface area contributed by atoms with Crippen molar-refractivity contribution in [3.05, 3.63) is 29.3 Å². The van der Waals surface area contributed by atoms with E-state index in [0.29, 0.717) is 22.8 Å². The summed E-state index contributed by atoms with van der Waals surface area (Å²) < 4.78 is 0. The number of halogens is 1. The van der Waals surface area contributed by atoms with Crippen LogP contribution < -0.4 is 5.32 Å². The molecule has 0 spiro atoms. The minimum Gasteiger partial charge on any atom is -0.326 e. The quantitative estimate of drug-likeness (QED) is 0.836. The van der Waals surface area contributed by atoms with Gasteiger partial charge in [-0.3, -0.25) is 4.79 Å². The summed E-state index contributed by atoms with van der Waals surface area (Å²) in [5.41, 5.74) is 0.833. The highest BCUT2D eigenvalue weighted by Gasteiger charge is 2.35. The van der Waals surface area contributed by atoms with Gasteiger partial charge in [0, 0.05) is 16.6 Å². The van der Waals surface area contributed by atoms with Crippen molar-refractivity contribution in [3.63, 3.8) is 0 Å². The number of hydrogen-bond donors (Lipinski definition) is 1. The second kappa shape index (κ2) is 6.62. The van der Waals surface area contributed by atoms with E-state index in [4.69, 9.17) is 11.6 Å². The average molecular weight is 294 g/mol. The molecule has 1 saturated carbocycles. The van der Waals surface area contributed by atoms with Gasteiger partial charge < -0.3 is 5.32 Å². The van der Waals surface area contributed by atoms with Crippen molar-refractivity contribution in [2.24, 2.45) is 23.7 Å². The number of anilines is 1. The van der Waals surface area contributed by atoms with Crippen molar-refractivity contribution < 1.29 is 4.79 Å². The van der Waals surface area contributed by atoms with Crippen LogP contribution in [0.2, 0.25) is 5.02 Å². The molecule has 0 aliphatic heterocycles. The molecule has 3 heteroatoms. The fourth-order valence-corrected chi connectivity index (χ4v) is 3.40. The Kier molecular flexibility index (Phi) is 5.09. The van der Waals surface area contributed by atoms with Gasteiger partial charge in [0.05, 0.1) is 0 Å². The van der Waals surface area contributed by atoms with Gasteiger partial charge in [-0.2, -0.15) is 0 Å². The molecule has 1 N–H and O–H groups in total. The fraction of sp³-hybridized carbons (Fsp3) is 0.588. The van der Waals surface area contributed by atoms with Crippen LogP contribution in [0.3, 0.4) is 0 Å². The zero-order valence-corrected chi connectivity index (χ0v) is 13.3. The van der Waals surface area contributed by atoms with Gasteiger partial charge in [0.2, 0.25) is 5.91 Å². The fourth-order valence-electron chi connectivity index (χ4n) is 3.27. The lowest BCUT2D eigenvalue weighted by Gasteiger charge is -2.36. The van der Waals surface area contributed by atoms with Crippen molar-refractivity contribution in [2.75, 3.05) is 5.32 Å². The first-order valence-electron chi connectivity index (χ1n) is 7.53. The summed E-state index contributed by atoms with van der Waals surface area (Å²) in [6, 6.07) is 7.33. The van der Waals surface area contributed by atoms with Crippen molar-refractivity contribution in [1.82, 2.24) is 0 Å². The molecule has 110 valence electrons. The third kappa shape index (κ3) is 3.76. The Morgan fingerprint density at radius 3 is 2.50 bits per heavy atom. The van der Waals surface area contributed by atoms with Crippen molar-refractivity contribution >= 4 is 23.2 Å². The molecular weight excluding hydrogens is 270 g/mol. The number of nitrogens with one attached hydrogen (secondary N) is 1. The Hall–Kier alpha value is -1.02. The van der Waals surface area contributed by atoms with E-state index in [9.17, 15) is 4.79 Å². The first-order chi connectivity index (χ1) is 9.47. The van der Waals surface area contributed by atoms with Crippen molar-refractivity contribution in [1.29, 1.82) is 0 Å². The molecule has 1 fully saturated rings. The Morgan fingerprint density at radius 1 is 1.25 bits per heavy atom. The number of amides is 1. The lowest BCUT2D eigenvalue weighted by molar-refractivity contribution is -0.123. The third-order valence-electron chi connectivity index (χ3n) is 4.47. The van der Waals surface area contributed by atoms with E-state index in [-0.39, 0.29) is 11.8 Å². The maximum Gasteiger partial charge on any atom is 0.227 e. The molecule has 0 saturated heterocycles. The molecule has 3 atom stereocenters. The number of carbonyl (C=O) groups is 1. The molecule has 0 heterocycles. The minimum atomic E-state index is 0.134. The van der Waals surface area contributed by atoms with Crippen molar-refractivity contribution in [2.45, 2.75) is 40.0 Å². The minimum absolute atomic E-state index is 0.134. The van der Waals surface area contributed by atoms with Gasteiger partial charge in [-0.05, 0) is 54.9 Å². The lowest BCUT2D eigenvalue weighted by atomic mass is 9.70. The van der Waals surface area contributed by atoms with Crippen LogP contribution in [0.4, 0.5) is 5.69 Å². The molecule has 2 rings (SSSR count). The highest BCUT2D eigenvalue weighted by atomic mass is 35.5. The maximum absolute atomic E-state index is 12.6. The van der Waals surface area contributed by atoms with E-state index in [1.165, 1.54) is 6.42 Å². The molecule has 1 amide bonds. The zero-order chi connectivity index (χ0) is 14.7. The van der Waals surface area contributed by atoms with E-state index in [2.05, 4.69) is 26.1 Å². The lowest BCUT2D eigenvalue weighted by Crippen LogP contribution is -2.36. The van der Waals surface area contributed by atoms with E-state index in [1.54, 1.807) is 12.1 Å². The number of rotatable bonds is 3. The van der Waals surface area contributed by atoms with Crippen LogP contribution in [0.5, 0.6) is 0 Å². The van der Waals surface area contributed by atoms with Gasteiger partial charge in [0.1, 0.15) is 0 Å². The Morgan fingerprint density at radius 2 is 1.90 bits per heavy atom. The van der Waals surface area contributed by atoms with E-state index < -0.39 is 0 Å². The number of benzene rings is 1. The largest absolute Gasteiger partial charge is 0.326 e. The maximum atomic E-state index is 12.6. The number of hydrogen-bond acceptors (Lipinski definition) is 1. The standard InChI is InChI=1S/C17H24ClNO/c1-11(2)15-9-4-12(3)10-16(15)17(20)19-14-7-5-13(18)6-8-14/h5-8,11-12,15-16H,4,9-10H2,1-3H3,(H,19,20). The summed E-state index contributed by atoms with van der Waals surface area (Å²) in [7, 11) is 0. The molecule has 3 unspecified atom stereocenters. The van der Waals surface area contributed by atoms with Crippen LogP contribution in [0.1, 0.15) is 40.0 Å². The van der Waals surface area contributed by atoms with Gasteiger partial charge >= 0.3 is 0 Å². The normalized spacial score (nSPS) is 26.6.